The van der Waals surface area contributed by atoms with E-state index in [0.717, 1.165) is 6.07 Å². The first kappa shape index (κ1) is 16.6. The van der Waals surface area contributed by atoms with Crippen LogP contribution in [0.4, 0.5) is 22.4 Å². The lowest BCUT2D eigenvalue weighted by Crippen LogP contribution is -2.40. The number of carbonyl (C=O) groups is 1. The Labute approximate surface area is 125 Å². The molecular formula is C15H17F4NO2. The maximum absolute atomic E-state index is 14.1. The van der Waals surface area contributed by atoms with E-state index in [4.69, 9.17) is 4.74 Å². The number of rotatable bonds is 0. The summed E-state index contributed by atoms with van der Waals surface area (Å²) >= 11 is 0. The molecule has 1 aliphatic heterocycles. The summed E-state index contributed by atoms with van der Waals surface area (Å²) in [5.74, 6) is -1.31. The molecule has 0 unspecified atom stereocenters. The van der Waals surface area contributed by atoms with Crippen LogP contribution in [0.1, 0.15) is 37.5 Å². The highest BCUT2D eigenvalue weighted by Gasteiger charge is 2.37. The molecule has 7 heteroatoms. The summed E-state index contributed by atoms with van der Waals surface area (Å²) in [5.41, 5.74) is -1.63. The van der Waals surface area contributed by atoms with Gasteiger partial charge in [0, 0.05) is 12.1 Å². The zero-order chi connectivity index (χ0) is 16.7. The van der Waals surface area contributed by atoms with E-state index in [1.54, 1.807) is 20.8 Å². The lowest BCUT2D eigenvalue weighted by Gasteiger charge is -2.31. The molecule has 1 heterocycles. The van der Waals surface area contributed by atoms with E-state index in [9.17, 15) is 22.4 Å². The molecule has 3 nitrogen and oxygen atoms in total. The minimum Gasteiger partial charge on any atom is -0.444 e. The van der Waals surface area contributed by atoms with Gasteiger partial charge in [-0.3, -0.25) is 0 Å². The topological polar surface area (TPSA) is 29.5 Å². The molecule has 0 aromatic heterocycles. The first-order valence-corrected chi connectivity index (χ1v) is 6.84. The molecule has 22 heavy (non-hydrogen) atoms. The predicted octanol–water partition coefficient (Wildman–Crippen LogP) is 4.14. The molecule has 0 fully saturated rings. The Morgan fingerprint density at radius 2 is 1.86 bits per heavy atom. The van der Waals surface area contributed by atoms with E-state index in [-0.39, 0.29) is 18.7 Å². The van der Waals surface area contributed by atoms with E-state index < -0.39 is 29.3 Å². The van der Waals surface area contributed by atoms with Crippen molar-refractivity contribution in [3.05, 3.63) is 34.6 Å². The summed E-state index contributed by atoms with van der Waals surface area (Å²) in [6, 6.07) is 2.02. The maximum atomic E-state index is 14.1. The molecule has 1 aromatic carbocycles. The Morgan fingerprint density at radius 1 is 1.23 bits per heavy atom. The average Bonchev–Trinajstić information content (AvgIpc) is 2.35. The molecule has 0 aliphatic carbocycles. The molecule has 0 saturated heterocycles. The maximum Gasteiger partial charge on any atom is 0.419 e. The average molecular weight is 319 g/mol. The van der Waals surface area contributed by atoms with Crippen molar-refractivity contribution >= 4 is 6.09 Å². The number of hydrogen-bond donors (Lipinski definition) is 0. The highest BCUT2D eigenvalue weighted by molar-refractivity contribution is 5.68. The summed E-state index contributed by atoms with van der Waals surface area (Å²) in [5, 5.41) is 0. The normalized spacial score (nSPS) is 15.5. The van der Waals surface area contributed by atoms with Gasteiger partial charge in [0.05, 0.1) is 12.1 Å². The SMILES string of the molecule is CC(C)(C)OC(=O)N1CCc2ccc(C(F)(F)F)c(F)c2C1. The fourth-order valence-electron chi connectivity index (χ4n) is 2.29. The first-order valence-electron chi connectivity index (χ1n) is 6.84. The number of hydrogen-bond acceptors (Lipinski definition) is 2. The summed E-state index contributed by atoms with van der Waals surface area (Å²) < 4.78 is 57.6. The molecule has 0 atom stereocenters. The summed E-state index contributed by atoms with van der Waals surface area (Å²) in [6.07, 6.45) is -5.12. The number of halogens is 4. The summed E-state index contributed by atoms with van der Waals surface area (Å²) in [6.45, 7) is 5.12. The van der Waals surface area contributed by atoms with Gasteiger partial charge in [-0.05, 0) is 38.8 Å². The van der Waals surface area contributed by atoms with Crippen LogP contribution in [0.2, 0.25) is 0 Å². The Bertz CT molecular complexity index is 590. The van der Waals surface area contributed by atoms with Crippen molar-refractivity contribution in [1.82, 2.24) is 4.90 Å². The van der Waals surface area contributed by atoms with Gasteiger partial charge >= 0.3 is 12.3 Å². The van der Waals surface area contributed by atoms with E-state index in [2.05, 4.69) is 0 Å². The Balaban J connectivity index is 2.28. The molecule has 1 aliphatic rings. The molecule has 0 radical (unpaired) electrons. The van der Waals surface area contributed by atoms with Crippen molar-refractivity contribution in [3.8, 4) is 0 Å². The van der Waals surface area contributed by atoms with Gasteiger partial charge in [0.25, 0.3) is 0 Å². The van der Waals surface area contributed by atoms with Crippen LogP contribution < -0.4 is 0 Å². The van der Waals surface area contributed by atoms with E-state index in [1.807, 2.05) is 0 Å². The van der Waals surface area contributed by atoms with Gasteiger partial charge in [-0.15, -0.1) is 0 Å². The predicted molar refractivity (Wildman–Crippen MR) is 71.8 cm³/mol. The van der Waals surface area contributed by atoms with Gasteiger partial charge in [0.2, 0.25) is 0 Å². The van der Waals surface area contributed by atoms with Crippen LogP contribution in [0.15, 0.2) is 12.1 Å². The van der Waals surface area contributed by atoms with E-state index in [1.165, 1.54) is 11.0 Å². The van der Waals surface area contributed by atoms with Crippen LogP contribution in [-0.4, -0.2) is 23.1 Å². The van der Waals surface area contributed by atoms with Crippen molar-refractivity contribution in [3.63, 3.8) is 0 Å². The van der Waals surface area contributed by atoms with Crippen LogP contribution in [0.25, 0.3) is 0 Å². The van der Waals surface area contributed by atoms with Crippen molar-refractivity contribution in [2.24, 2.45) is 0 Å². The largest absolute Gasteiger partial charge is 0.444 e. The van der Waals surface area contributed by atoms with Crippen molar-refractivity contribution in [1.29, 1.82) is 0 Å². The van der Waals surface area contributed by atoms with Gasteiger partial charge in [0.1, 0.15) is 11.4 Å². The third-order valence-electron chi connectivity index (χ3n) is 3.30. The number of alkyl halides is 3. The lowest BCUT2D eigenvalue weighted by molar-refractivity contribution is -0.140. The summed E-state index contributed by atoms with van der Waals surface area (Å²) in [7, 11) is 0. The van der Waals surface area contributed by atoms with Gasteiger partial charge in [-0.1, -0.05) is 6.07 Å². The zero-order valence-electron chi connectivity index (χ0n) is 12.6. The molecule has 1 amide bonds. The minimum absolute atomic E-state index is 0.0908. The molecule has 122 valence electrons. The van der Waals surface area contributed by atoms with Crippen LogP contribution in [-0.2, 0) is 23.9 Å². The quantitative estimate of drug-likeness (QED) is 0.673. The van der Waals surface area contributed by atoms with Gasteiger partial charge in [0.15, 0.2) is 0 Å². The third kappa shape index (κ3) is 3.51. The number of amides is 1. The third-order valence-corrected chi connectivity index (χ3v) is 3.30. The Hall–Kier alpha value is -1.79. The number of nitrogens with zero attached hydrogens (tertiary/aromatic N) is 1. The number of carbonyl (C=O) groups excluding carboxylic acids is 1. The smallest absolute Gasteiger partial charge is 0.419 e. The molecule has 2 rings (SSSR count). The standard InChI is InChI=1S/C15H17F4NO2/c1-14(2,3)22-13(21)20-7-6-9-4-5-11(15(17,18)19)12(16)10(9)8-20/h4-5H,6-8H2,1-3H3. The van der Waals surface area contributed by atoms with Crippen LogP contribution in [0, 0.1) is 5.82 Å². The van der Waals surface area contributed by atoms with Crippen LogP contribution >= 0.6 is 0 Å². The lowest BCUT2D eigenvalue weighted by atomic mass is 9.96. The highest BCUT2D eigenvalue weighted by Crippen LogP contribution is 2.35. The Morgan fingerprint density at radius 3 is 2.41 bits per heavy atom. The van der Waals surface area contributed by atoms with Gasteiger partial charge in [-0.2, -0.15) is 13.2 Å². The van der Waals surface area contributed by atoms with Crippen LogP contribution in [0.3, 0.4) is 0 Å². The second kappa shape index (κ2) is 5.44. The second-order valence-electron chi connectivity index (χ2n) is 6.21. The molecule has 0 saturated carbocycles. The molecule has 0 bridgehead atoms. The number of benzene rings is 1. The Kier molecular flexibility index (Phi) is 4.10. The fourth-order valence-corrected chi connectivity index (χ4v) is 2.29. The van der Waals surface area contributed by atoms with Gasteiger partial charge < -0.3 is 9.64 Å². The van der Waals surface area contributed by atoms with Gasteiger partial charge in [-0.25, -0.2) is 9.18 Å². The monoisotopic (exact) mass is 319 g/mol. The van der Waals surface area contributed by atoms with Crippen molar-refractivity contribution in [2.75, 3.05) is 6.54 Å². The molecule has 1 aromatic rings. The first-order chi connectivity index (χ1) is 9.99. The van der Waals surface area contributed by atoms with E-state index >= 15 is 0 Å². The summed E-state index contributed by atoms with van der Waals surface area (Å²) in [4.78, 5) is 13.2. The van der Waals surface area contributed by atoms with E-state index in [0.29, 0.717) is 12.0 Å². The number of fused-ring (bicyclic) bond motifs is 1. The van der Waals surface area contributed by atoms with Crippen LogP contribution in [0.5, 0.6) is 0 Å². The molecular weight excluding hydrogens is 302 g/mol. The van der Waals surface area contributed by atoms with Crippen molar-refractivity contribution in [2.45, 2.75) is 45.5 Å². The minimum atomic E-state index is -4.76. The second-order valence-corrected chi connectivity index (χ2v) is 6.21. The zero-order valence-corrected chi connectivity index (χ0v) is 12.6. The molecule has 0 N–H and O–H groups in total. The number of ether oxygens (including phenoxy) is 1. The highest BCUT2D eigenvalue weighted by atomic mass is 19.4. The van der Waals surface area contributed by atoms with Crippen molar-refractivity contribution < 1.29 is 27.1 Å². The molecule has 0 spiro atoms. The fraction of sp³-hybridized carbons (Fsp3) is 0.533.